The lowest BCUT2D eigenvalue weighted by Gasteiger charge is -2.12. The summed E-state index contributed by atoms with van der Waals surface area (Å²) in [7, 11) is 0. The number of nitrogens with one attached hydrogen (secondary N) is 2. The number of fused-ring (bicyclic) bond motifs is 1. The first-order chi connectivity index (χ1) is 14.0. The summed E-state index contributed by atoms with van der Waals surface area (Å²) in [5, 5.41) is 16.0. The van der Waals surface area contributed by atoms with Gasteiger partial charge >= 0.3 is 0 Å². The zero-order chi connectivity index (χ0) is 20.4. The van der Waals surface area contributed by atoms with Gasteiger partial charge in [-0.3, -0.25) is 5.43 Å². The van der Waals surface area contributed by atoms with Gasteiger partial charge in [0.1, 0.15) is 0 Å². The maximum Gasteiger partial charge on any atom is 0.245 e. The van der Waals surface area contributed by atoms with Crippen molar-refractivity contribution in [2.45, 2.75) is 13.8 Å². The predicted molar refractivity (Wildman–Crippen MR) is 114 cm³/mol. The molecular formula is C19H15Cl2N7O. The first-order valence-corrected chi connectivity index (χ1v) is 9.34. The van der Waals surface area contributed by atoms with Crippen LogP contribution in [0.4, 0.5) is 17.3 Å². The molecule has 0 unspecified atom stereocenters. The number of nitrogens with zero attached hydrogens (tertiary/aromatic N) is 5. The van der Waals surface area contributed by atoms with Crippen LogP contribution in [-0.2, 0) is 0 Å². The van der Waals surface area contributed by atoms with Crippen molar-refractivity contribution in [2.24, 2.45) is 5.10 Å². The molecule has 0 amide bonds. The molecule has 4 aromatic rings. The fourth-order valence-electron chi connectivity index (χ4n) is 2.57. The van der Waals surface area contributed by atoms with E-state index in [-0.39, 0.29) is 11.3 Å². The minimum Gasteiger partial charge on any atom is -0.337 e. The van der Waals surface area contributed by atoms with Crippen molar-refractivity contribution in [1.29, 1.82) is 0 Å². The van der Waals surface area contributed by atoms with Crippen molar-refractivity contribution < 1.29 is 4.63 Å². The summed E-state index contributed by atoms with van der Waals surface area (Å²) in [5.74, 6) is 0.789. The van der Waals surface area contributed by atoms with Crippen LogP contribution in [0.15, 0.2) is 46.1 Å². The third kappa shape index (κ3) is 4.28. The van der Waals surface area contributed by atoms with Crippen LogP contribution in [-0.4, -0.2) is 26.5 Å². The molecule has 2 heterocycles. The van der Waals surface area contributed by atoms with E-state index in [1.54, 1.807) is 24.4 Å². The molecule has 0 radical (unpaired) electrons. The molecule has 0 bridgehead atoms. The smallest absolute Gasteiger partial charge is 0.245 e. The number of anilines is 3. The average molecular weight is 428 g/mol. The lowest BCUT2D eigenvalue weighted by Crippen LogP contribution is -2.04. The molecule has 10 heteroatoms. The minimum absolute atomic E-state index is 0.263. The van der Waals surface area contributed by atoms with Crippen LogP contribution in [0.2, 0.25) is 10.0 Å². The van der Waals surface area contributed by atoms with Crippen LogP contribution in [0.25, 0.3) is 11.3 Å². The maximum absolute atomic E-state index is 6.17. The molecule has 4 rings (SSSR count). The zero-order valence-corrected chi connectivity index (χ0v) is 17.0. The van der Waals surface area contributed by atoms with Gasteiger partial charge in [0.2, 0.25) is 11.3 Å². The Kier molecular flexibility index (Phi) is 5.28. The fourth-order valence-corrected chi connectivity index (χ4v) is 3.03. The lowest BCUT2D eigenvalue weighted by atomic mass is 10.1. The van der Waals surface area contributed by atoms with Crippen molar-refractivity contribution in [3.63, 3.8) is 0 Å². The molecular weight excluding hydrogens is 413 g/mol. The van der Waals surface area contributed by atoms with Gasteiger partial charge in [0.25, 0.3) is 0 Å². The van der Waals surface area contributed by atoms with Gasteiger partial charge < -0.3 is 5.32 Å². The van der Waals surface area contributed by atoms with E-state index in [1.807, 2.05) is 32.0 Å². The topological polar surface area (TPSA) is 101 Å². The molecule has 2 aromatic heterocycles. The number of aryl methyl sites for hydroxylation is 2. The third-order valence-corrected chi connectivity index (χ3v) is 4.66. The van der Waals surface area contributed by atoms with Crippen molar-refractivity contribution in [3.05, 3.63) is 63.1 Å². The Balaban J connectivity index is 1.66. The molecule has 0 atom stereocenters. The molecule has 0 saturated carbocycles. The van der Waals surface area contributed by atoms with Crippen LogP contribution in [0.3, 0.4) is 0 Å². The summed E-state index contributed by atoms with van der Waals surface area (Å²) in [5.41, 5.74) is 7.18. The Hall–Kier alpha value is -3.23. The number of hydrazone groups is 1. The first kappa shape index (κ1) is 19.1. The van der Waals surface area contributed by atoms with E-state index in [9.17, 15) is 0 Å². The number of hydrogen-bond donors (Lipinski definition) is 2. The molecule has 8 nitrogen and oxygen atoms in total. The molecule has 2 N–H and O–H groups in total. The van der Waals surface area contributed by atoms with Gasteiger partial charge in [0.05, 0.1) is 11.2 Å². The van der Waals surface area contributed by atoms with Crippen LogP contribution >= 0.6 is 23.2 Å². The highest BCUT2D eigenvalue weighted by Crippen LogP contribution is 2.26. The van der Waals surface area contributed by atoms with E-state index in [0.717, 1.165) is 16.8 Å². The molecule has 0 fully saturated rings. The monoisotopic (exact) mass is 427 g/mol. The number of hydrogen-bond acceptors (Lipinski definition) is 8. The van der Waals surface area contributed by atoms with E-state index < -0.39 is 0 Å². The highest BCUT2D eigenvalue weighted by molar-refractivity contribution is 6.36. The number of aromatic nitrogens is 4. The molecule has 0 aliphatic rings. The summed E-state index contributed by atoms with van der Waals surface area (Å²) in [6.07, 6.45) is 1.56. The quantitative estimate of drug-likeness (QED) is 0.336. The van der Waals surface area contributed by atoms with Gasteiger partial charge in [-0.25, -0.2) is 9.61 Å². The second kappa shape index (κ2) is 8.02. The molecule has 0 saturated heterocycles. The van der Waals surface area contributed by atoms with Gasteiger partial charge in [-0.15, -0.1) is 0 Å². The lowest BCUT2D eigenvalue weighted by molar-refractivity contribution is 0.314. The summed E-state index contributed by atoms with van der Waals surface area (Å²) in [6.45, 7) is 4.01. The standard InChI is InChI=1S/C19H15Cl2N7O/c1-10-3-4-11(2)15(7-10)23-16-17(25-19-18(24-16)27-29-28-19)26-22-9-12-5-6-13(20)8-14(12)21/h3-9H,1-2H3,(H,23,24,27)(H,25,26,28). The van der Waals surface area contributed by atoms with Gasteiger partial charge in [0.15, 0.2) is 11.6 Å². The number of benzene rings is 2. The number of rotatable bonds is 5. The molecule has 146 valence electrons. The van der Waals surface area contributed by atoms with Gasteiger partial charge in [0, 0.05) is 16.3 Å². The minimum atomic E-state index is 0.263. The van der Waals surface area contributed by atoms with E-state index >= 15 is 0 Å². The first-order valence-electron chi connectivity index (χ1n) is 8.58. The predicted octanol–water partition coefficient (Wildman–Crippen LogP) is 5.13. The van der Waals surface area contributed by atoms with Crippen LogP contribution < -0.4 is 10.7 Å². The van der Waals surface area contributed by atoms with E-state index in [4.69, 9.17) is 27.8 Å². The summed E-state index contributed by atoms with van der Waals surface area (Å²) < 4.78 is 4.72. The zero-order valence-electron chi connectivity index (χ0n) is 15.4. The van der Waals surface area contributed by atoms with Gasteiger partial charge in [-0.05, 0) is 53.5 Å². The summed E-state index contributed by atoms with van der Waals surface area (Å²) in [4.78, 5) is 8.82. The van der Waals surface area contributed by atoms with Crippen LogP contribution in [0.5, 0.6) is 0 Å². The highest BCUT2D eigenvalue weighted by Gasteiger charge is 2.13. The highest BCUT2D eigenvalue weighted by atomic mass is 35.5. The van der Waals surface area contributed by atoms with E-state index in [2.05, 4.69) is 36.1 Å². The van der Waals surface area contributed by atoms with Crippen LogP contribution in [0, 0.1) is 13.8 Å². The van der Waals surface area contributed by atoms with Gasteiger partial charge in [-0.2, -0.15) is 10.1 Å². The summed E-state index contributed by atoms with van der Waals surface area (Å²) >= 11 is 12.1. The molecule has 29 heavy (non-hydrogen) atoms. The molecule has 0 aliphatic carbocycles. The van der Waals surface area contributed by atoms with Gasteiger partial charge in [-0.1, -0.05) is 41.4 Å². The molecule has 2 aromatic carbocycles. The van der Waals surface area contributed by atoms with Crippen molar-refractivity contribution >= 4 is 58.0 Å². The third-order valence-electron chi connectivity index (χ3n) is 4.10. The Morgan fingerprint density at radius 2 is 1.72 bits per heavy atom. The second-order valence-corrected chi connectivity index (χ2v) is 7.16. The van der Waals surface area contributed by atoms with E-state index in [1.165, 1.54) is 0 Å². The van der Waals surface area contributed by atoms with Crippen molar-refractivity contribution in [2.75, 3.05) is 10.7 Å². The Morgan fingerprint density at radius 3 is 2.48 bits per heavy atom. The summed E-state index contributed by atoms with van der Waals surface area (Å²) in [6, 6.07) is 11.2. The molecule has 0 aliphatic heterocycles. The Morgan fingerprint density at radius 1 is 0.966 bits per heavy atom. The average Bonchev–Trinajstić information content (AvgIpc) is 3.13. The fraction of sp³-hybridized carbons (Fsp3) is 0.105. The molecule has 0 spiro atoms. The SMILES string of the molecule is Cc1ccc(C)c(Nc2nc3nonc3nc2NN=Cc2ccc(Cl)cc2Cl)c1. The Labute approximate surface area is 175 Å². The van der Waals surface area contributed by atoms with Crippen molar-refractivity contribution in [3.8, 4) is 0 Å². The second-order valence-electron chi connectivity index (χ2n) is 6.31. The van der Waals surface area contributed by atoms with Crippen LogP contribution in [0.1, 0.15) is 16.7 Å². The Bertz CT molecular complexity index is 1220. The van der Waals surface area contributed by atoms with Crippen molar-refractivity contribution in [1.82, 2.24) is 20.3 Å². The van der Waals surface area contributed by atoms with E-state index in [0.29, 0.717) is 27.2 Å². The maximum atomic E-state index is 6.17. The largest absolute Gasteiger partial charge is 0.337 e. The number of halogens is 2. The normalized spacial score (nSPS) is 11.3.